The van der Waals surface area contributed by atoms with Crippen LogP contribution in [0.3, 0.4) is 0 Å². The molecule has 4 heteroatoms. The van der Waals surface area contributed by atoms with Crippen molar-refractivity contribution >= 4 is 5.65 Å². The van der Waals surface area contributed by atoms with Crippen molar-refractivity contribution in [1.82, 2.24) is 14.3 Å². The van der Waals surface area contributed by atoms with Crippen molar-refractivity contribution in [3.8, 4) is 11.3 Å². The molecule has 1 N–H and O–H groups in total. The van der Waals surface area contributed by atoms with Crippen LogP contribution in [0.25, 0.3) is 16.9 Å². The molecular weight excluding hydrogens is 286 g/mol. The number of likely N-dealkylation sites (tertiary alicyclic amines) is 1. The SMILES string of the molecule is OC[C@H]1CCCN1Cc1c(-c2ccccc2)nc2ccccn12. The van der Waals surface area contributed by atoms with Crippen LogP contribution in [0.4, 0.5) is 0 Å². The van der Waals surface area contributed by atoms with Crippen molar-refractivity contribution in [3.63, 3.8) is 0 Å². The van der Waals surface area contributed by atoms with Gasteiger partial charge in [0.1, 0.15) is 5.65 Å². The molecule has 4 nitrogen and oxygen atoms in total. The minimum absolute atomic E-state index is 0.234. The van der Waals surface area contributed by atoms with Gasteiger partial charge in [0, 0.05) is 24.3 Å². The van der Waals surface area contributed by atoms with E-state index in [2.05, 4.69) is 39.8 Å². The largest absolute Gasteiger partial charge is 0.395 e. The van der Waals surface area contributed by atoms with Crippen LogP contribution in [0, 0.1) is 0 Å². The second-order valence-electron chi connectivity index (χ2n) is 6.15. The Kier molecular flexibility index (Phi) is 3.85. The molecule has 0 spiro atoms. The molecule has 3 heterocycles. The summed E-state index contributed by atoms with van der Waals surface area (Å²) in [5, 5.41) is 9.60. The van der Waals surface area contributed by atoms with E-state index < -0.39 is 0 Å². The van der Waals surface area contributed by atoms with Crippen LogP contribution in [-0.2, 0) is 6.54 Å². The second kappa shape index (κ2) is 6.14. The van der Waals surface area contributed by atoms with E-state index >= 15 is 0 Å². The van der Waals surface area contributed by atoms with Gasteiger partial charge >= 0.3 is 0 Å². The average Bonchev–Trinajstić information content (AvgIpc) is 3.21. The zero-order valence-corrected chi connectivity index (χ0v) is 13.1. The van der Waals surface area contributed by atoms with Crippen molar-refractivity contribution in [2.45, 2.75) is 25.4 Å². The van der Waals surface area contributed by atoms with Crippen molar-refractivity contribution in [2.75, 3.05) is 13.2 Å². The lowest BCUT2D eigenvalue weighted by Crippen LogP contribution is -2.32. The standard InChI is InChI=1S/C19H21N3O/c23-14-16-9-6-11-21(16)13-17-19(15-7-2-1-3-8-15)20-18-10-4-5-12-22(17)18/h1-5,7-8,10,12,16,23H,6,9,11,13-14H2/t16-/m1/s1. The monoisotopic (exact) mass is 307 g/mol. The predicted octanol–water partition coefficient (Wildman–Crippen LogP) is 2.96. The van der Waals surface area contributed by atoms with E-state index in [1.54, 1.807) is 0 Å². The first-order chi connectivity index (χ1) is 11.4. The Labute approximate surface area is 136 Å². The Bertz CT molecular complexity index is 797. The van der Waals surface area contributed by atoms with E-state index in [0.29, 0.717) is 0 Å². The molecule has 0 aliphatic carbocycles. The highest BCUT2D eigenvalue weighted by atomic mass is 16.3. The topological polar surface area (TPSA) is 40.8 Å². The highest BCUT2D eigenvalue weighted by Gasteiger charge is 2.26. The number of aromatic nitrogens is 2. The summed E-state index contributed by atoms with van der Waals surface area (Å²) in [4.78, 5) is 7.23. The Morgan fingerprint density at radius 2 is 1.91 bits per heavy atom. The number of rotatable bonds is 4. The minimum Gasteiger partial charge on any atom is -0.395 e. The summed E-state index contributed by atoms with van der Waals surface area (Å²) < 4.78 is 2.18. The summed E-state index contributed by atoms with van der Waals surface area (Å²) >= 11 is 0. The second-order valence-corrected chi connectivity index (χ2v) is 6.15. The third-order valence-corrected chi connectivity index (χ3v) is 4.74. The molecule has 3 aromatic rings. The van der Waals surface area contributed by atoms with Crippen LogP contribution in [-0.4, -0.2) is 38.6 Å². The fourth-order valence-corrected chi connectivity index (χ4v) is 3.53. The number of fused-ring (bicyclic) bond motifs is 1. The summed E-state index contributed by atoms with van der Waals surface area (Å²) in [6.45, 7) is 2.09. The predicted molar refractivity (Wildman–Crippen MR) is 91.1 cm³/mol. The smallest absolute Gasteiger partial charge is 0.137 e. The van der Waals surface area contributed by atoms with E-state index in [-0.39, 0.29) is 12.6 Å². The molecule has 23 heavy (non-hydrogen) atoms. The minimum atomic E-state index is 0.234. The van der Waals surface area contributed by atoms with Crippen molar-refractivity contribution < 1.29 is 5.11 Å². The molecule has 0 bridgehead atoms. The molecule has 0 unspecified atom stereocenters. The third kappa shape index (κ3) is 2.64. The van der Waals surface area contributed by atoms with Gasteiger partial charge in [-0.25, -0.2) is 4.98 Å². The quantitative estimate of drug-likeness (QED) is 0.805. The highest BCUT2D eigenvalue weighted by molar-refractivity contribution is 5.66. The number of hydrogen-bond acceptors (Lipinski definition) is 3. The first-order valence-corrected chi connectivity index (χ1v) is 8.23. The van der Waals surface area contributed by atoms with Gasteiger partial charge in [-0.2, -0.15) is 0 Å². The Morgan fingerprint density at radius 3 is 2.74 bits per heavy atom. The molecule has 1 saturated heterocycles. The van der Waals surface area contributed by atoms with E-state index in [4.69, 9.17) is 4.98 Å². The molecule has 118 valence electrons. The Balaban J connectivity index is 1.80. The maximum Gasteiger partial charge on any atom is 0.137 e. The molecule has 4 rings (SSSR count). The average molecular weight is 307 g/mol. The maximum absolute atomic E-state index is 9.60. The van der Waals surface area contributed by atoms with Gasteiger partial charge in [0.2, 0.25) is 0 Å². The molecule has 1 aliphatic heterocycles. The normalized spacial score (nSPS) is 18.7. The van der Waals surface area contributed by atoms with Gasteiger partial charge in [0.25, 0.3) is 0 Å². The molecule has 1 aromatic carbocycles. The van der Waals surface area contributed by atoms with Crippen molar-refractivity contribution in [2.24, 2.45) is 0 Å². The van der Waals surface area contributed by atoms with E-state index in [1.165, 1.54) is 5.69 Å². The third-order valence-electron chi connectivity index (χ3n) is 4.74. The first-order valence-electron chi connectivity index (χ1n) is 8.23. The lowest BCUT2D eigenvalue weighted by Gasteiger charge is -2.23. The number of benzene rings is 1. The van der Waals surface area contributed by atoms with Gasteiger partial charge in [-0.3, -0.25) is 4.90 Å². The fourth-order valence-electron chi connectivity index (χ4n) is 3.53. The summed E-state index contributed by atoms with van der Waals surface area (Å²) in [5.74, 6) is 0. The maximum atomic E-state index is 9.60. The molecule has 0 radical (unpaired) electrons. The molecule has 1 aliphatic rings. The molecule has 1 atom stereocenters. The molecule has 0 saturated carbocycles. The summed E-state index contributed by atoms with van der Waals surface area (Å²) in [6.07, 6.45) is 4.31. The fraction of sp³-hybridized carbons (Fsp3) is 0.316. The summed E-state index contributed by atoms with van der Waals surface area (Å²) in [5.41, 5.74) is 4.36. The van der Waals surface area contributed by atoms with Crippen LogP contribution < -0.4 is 0 Å². The lowest BCUT2D eigenvalue weighted by molar-refractivity contribution is 0.152. The molecular formula is C19H21N3O. The van der Waals surface area contributed by atoms with Crippen LogP contribution >= 0.6 is 0 Å². The molecule has 1 fully saturated rings. The highest BCUT2D eigenvalue weighted by Crippen LogP contribution is 2.28. The van der Waals surface area contributed by atoms with Gasteiger partial charge in [0.05, 0.1) is 18.0 Å². The Morgan fingerprint density at radius 1 is 1.09 bits per heavy atom. The van der Waals surface area contributed by atoms with Crippen LogP contribution in [0.2, 0.25) is 0 Å². The lowest BCUT2D eigenvalue weighted by atomic mass is 10.1. The summed E-state index contributed by atoms with van der Waals surface area (Å²) in [7, 11) is 0. The first kappa shape index (κ1) is 14.4. The van der Waals surface area contributed by atoms with Gasteiger partial charge in [-0.15, -0.1) is 0 Å². The number of imidazole rings is 1. The number of nitrogens with zero attached hydrogens (tertiary/aromatic N) is 3. The zero-order valence-electron chi connectivity index (χ0n) is 13.1. The van der Waals surface area contributed by atoms with Gasteiger partial charge in [-0.05, 0) is 31.5 Å². The van der Waals surface area contributed by atoms with E-state index in [9.17, 15) is 5.11 Å². The molecule has 0 amide bonds. The van der Waals surface area contributed by atoms with Crippen LogP contribution in [0.1, 0.15) is 18.5 Å². The number of pyridine rings is 1. The van der Waals surface area contributed by atoms with E-state index in [1.807, 2.05) is 24.3 Å². The van der Waals surface area contributed by atoms with E-state index in [0.717, 1.165) is 42.8 Å². The van der Waals surface area contributed by atoms with Crippen molar-refractivity contribution in [3.05, 3.63) is 60.4 Å². The Hall–Kier alpha value is -2.17. The van der Waals surface area contributed by atoms with Gasteiger partial charge < -0.3 is 9.51 Å². The number of aliphatic hydroxyl groups is 1. The van der Waals surface area contributed by atoms with Gasteiger partial charge in [0.15, 0.2) is 0 Å². The summed E-state index contributed by atoms with van der Waals surface area (Å²) in [6, 6.07) is 16.7. The molecule has 2 aromatic heterocycles. The zero-order chi connectivity index (χ0) is 15.6. The van der Waals surface area contributed by atoms with Gasteiger partial charge in [-0.1, -0.05) is 36.4 Å². The van der Waals surface area contributed by atoms with Crippen LogP contribution in [0.5, 0.6) is 0 Å². The number of aliphatic hydroxyl groups excluding tert-OH is 1. The number of hydrogen-bond donors (Lipinski definition) is 1. The van der Waals surface area contributed by atoms with Crippen molar-refractivity contribution in [1.29, 1.82) is 0 Å². The van der Waals surface area contributed by atoms with Crippen LogP contribution in [0.15, 0.2) is 54.7 Å².